The number of hydrogen-bond donors (Lipinski definition) is 0. The molecule has 0 radical (unpaired) electrons. The Labute approximate surface area is 101 Å². The predicted molar refractivity (Wildman–Crippen MR) is 55.5 cm³/mol. The second kappa shape index (κ2) is 4.93. The monoisotopic (exact) mass is 260 g/mol. The van der Waals surface area contributed by atoms with E-state index in [9.17, 15) is 18.0 Å². The summed E-state index contributed by atoms with van der Waals surface area (Å²) in [6, 6.07) is 1.90. The summed E-state index contributed by atoms with van der Waals surface area (Å²) >= 11 is 0. The van der Waals surface area contributed by atoms with Crippen molar-refractivity contribution in [3.8, 4) is 0 Å². The average molecular weight is 260 g/mol. The van der Waals surface area contributed by atoms with Crippen LogP contribution in [-0.4, -0.2) is 29.1 Å². The van der Waals surface area contributed by atoms with Gasteiger partial charge in [-0.2, -0.15) is 13.2 Å². The van der Waals surface area contributed by atoms with Gasteiger partial charge in [-0.05, 0) is 25.0 Å². The Balaban J connectivity index is 2.11. The molecule has 0 aromatic carbocycles. The molecule has 0 bridgehead atoms. The van der Waals surface area contributed by atoms with E-state index in [-0.39, 0.29) is 5.56 Å². The van der Waals surface area contributed by atoms with Crippen LogP contribution >= 0.6 is 0 Å². The van der Waals surface area contributed by atoms with E-state index in [0.717, 1.165) is 36.2 Å². The van der Waals surface area contributed by atoms with Crippen molar-refractivity contribution in [3.05, 3.63) is 29.6 Å². The third-order valence-electron chi connectivity index (χ3n) is 2.53. The number of amides is 1. The third kappa shape index (κ3) is 2.79. The summed E-state index contributed by atoms with van der Waals surface area (Å²) in [6.07, 6.45) is -1.89. The van der Waals surface area contributed by atoms with Gasteiger partial charge in [0, 0.05) is 12.7 Å². The molecule has 1 aromatic rings. The number of carbonyl (C=O) groups is 1. The summed E-state index contributed by atoms with van der Waals surface area (Å²) in [5.74, 6) is -0.462. The highest BCUT2D eigenvalue weighted by molar-refractivity contribution is 5.93. The fourth-order valence-corrected chi connectivity index (χ4v) is 1.59. The molecule has 1 aliphatic rings. The Morgan fingerprint density at radius 3 is 2.61 bits per heavy atom. The first kappa shape index (κ1) is 12.8. The summed E-state index contributed by atoms with van der Waals surface area (Å²) in [5.41, 5.74) is -0.927. The lowest BCUT2D eigenvalue weighted by Gasteiger charge is -2.25. The van der Waals surface area contributed by atoms with Crippen LogP contribution in [0.15, 0.2) is 18.3 Å². The fourth-order valence-electron chi connectivity index (χ4n) is 1.59. The molecule has 0 aliphatic carbocycles. The highest BCUT2D eigenvalue weighted by atomic mass is 19.4. The number of pyridine rings is 1. The Morgan fingerprint density at radius 2 is 2.11 bits per heavy atom. The van der Waals surface area contributed by atoms with Gasteiger partial charge in [0.25, 0.3) is 5.91 Å². The van der Waals surface area contributed by atoms with Gasteiger partial charge in [-0.15, -0.1) is 0 Å². The first-order valence-electron chi connectivity index (χ1n) is 5.46. The van der Waals surface area contributed by atoms with Gasteiger partial charge in [-0.3, -0.25) is 14.6 Å². The van der Waals surface area contributed by atoms with Gasteiger partial charge in [-0.1, -0.05) is 0 Å². The van der Waals surface area contributed by atoms with E-state index in [4.69, 9.17) is 4.84 Å². The first-order valence-corrected chi connectivity index (χ1v) is 5.46. The highest BCUT2D eigenvalue weighted by Crippen LogP contribution is 2.27. The van der Waals surface area contributed by atoms with Gasteiger partial charge < -0.3 is 0 Å². The molecule has 7 heteroatoms. The molecule has 0 atom stereocenters. The normalized spacial score (nSPS) is 16.7. The van der Waals surface area contributed by atoms with Crippen molar-refractivity contribution in [2.24, 2.45) is 0 Å². The van der Waals surface area contributed by atoms with Gasteiger partial charge in [0.15, 0.2) is 0 Å². The molecule has 2 heterocycles. The lowest BCUT2D eigenvalue weighted by molar-refractivity contribution is -0.144. The van der Waals surface area contributed by atoms with Gasteiger partial charge in [0.05, 0.1) is 12.2 Å². The SMILES string of the molecule is O=C(c1ccc(C(F)(F)F)nc1)N1CCCCO1. The Morgan fingerprint density at radius 1 is 1.33 bits per heavy atom. The number of rotatable bonds is 1. The topological polar surface area (TPSA) is 42.4 Å². The zero-order chi connectivity index (χ0) is 13.2. The number of aromatic nitrogens is 1. The maximum Gasteiger partial charge on any atom is 0.433 e. The van der Waals surface area contributed by atoms with Crippen molar-refractivity contribution < 1.29 is 22.8 Å². The van der Waals surface area contributed by atoms with E-state index < -0.39 is 17.8 Å². The third-order valence-corrected chi connectivity index (χ3v) is 2.53. The predicted octanol–water partition coefficient (Wildman–Crippen LogP) is 2.27. The summed E-state index contributed by atoms with van der Waals surface area (Å²) in [5, 5.41) is 1.16. The summed E-state index contributed by atoms with van der Waals surface area (Å²) in [6.45, 7) is 0.889. The largest absolute Gasteiger partial charge is 0.433 e. The van der Waals surface area contributed by atoms with E-state index in [2.05, 4.69) is 4.98 Å². The molecule has 0 N–H and O–H groups in total. The quantitative estimate of drug-likeness (QED) is 0.777. The maximum atomic E-state index is 12.3. The molecule has 1 amide bonds. The lowest BCUT2D eigenvalue weighted by atomic mass is 10.2. The van der Waals surface area contributed by atoms with Crippen LogP contribution in [0.5, 0.6) is 0 Å². The number of alkyl halides is 3. The van der Waals surface area contributed by atoms with E-state index >= 15 is 0 Å². The molecular weight excluding hydrogens is 249 g/mol. The zero-order valence-corrected chi connectivity index (χ0v) is 9.41. The number of nitrogens with zero attached hydrogens (tertiary/aromatic N) is 2. The second-order valence-electron chi connectivity index (χ2n) is 3.88. The van der Waals surface area contributed by atoms with Crippen molar-refractivity contribution in [2.75, 3.05) is 13.2 Å². The molecule has 1 saturated heterocycles. The van der Waals surface area contributed by atoms with Crippen LogP contribution in [0.1, 0.15) is 28.9 Å². The van der Waals surface area contributed by atoms with Crippen molar-refractivity contribution in [1.29, 1.82) is 0 Å². The first-order chi connectivity index (χ1) is 8.48. The van der Waals surface area contributed by atoms with Gasteiger partial charge in [-0.25, -0.2) is 5.06 Å². The molecule has 0 saturated carbocycles. The van der Waals surface area contributed by atoms with Crippen molar-refractivity contribution >= 4 is 5.91 Å². The van der Waals surface area contributed by atoms with E-state index in [1.165, 1.54) is 0 Å². The number of hydroxylamine groups is 2. The minimum absolute atomic E-state index is 0.0879. The van der Waals surface area contributed by atoms with Crippen LogP contribution in [-0.2, 0) is 11.0 Å². The van der Waals surface area contributed by atoms with Crippen LogP contribution in [0.25, 0.3) is 0 Å². The minimum Gasteiger partial charge on any atom is -0.271 e. The van der Waals surface area contributed by atoms with E-state index in [1.54, 1.807) is 0 Å². The maximum absolute atomic E-state index is 12.3. The summed E-state index contributed by atoms with van der Waals surface area (Å²) in [7, 11) is 0. The number of hydrogen-bond acceptors (Lipinski definition) is 3. The average Bonchev–Trinajstić information content (AvgIpc) is 2.38. The van der Waals surface area contributed by atoms with Crippen molar-refractivity contribution in [1.82, 2.24) is 10.0 Å². The van der Waals surface area contributed by atoms with Gasteiger partial charge >= 0.3 is 6.18 Å². The number of carbonyl (C=O) groups excluding carboxylic acids is 1. The summed E-state index contributed by atoms with van der Waals surface area (Å²) < 4.78 is 36.9. The molecule has 0 unspecified atom stereocenters. The van der Waals surface area contributed by atoms with Crippen molar-refractivity contribution in [2.45, 2.75) is 19.0 Å². The molecule has 1 aromatic heterocycles. The summed E-state index contributed by atoms with van der Waals surface area (Å²) in [4.78, 5) is 20.2. The Bertz CT molecular complexity index is 425. The van der Waals surface area contributed by atoms with E-state index in [1.807, 2.05) is 0 Å². The fraction of sp³-hybridized carbons (Fsp3) is 0.455. The minimum atomic E-state index is -4.50. The highest BCUT2D eigenvalue weighted by Gasteiger charge is 2.32. The van der Waals surface area contributed by atoms with Crippen LogP contribution in [0, 0.1) is 0 Å². The van der Waals surface area contributed by atoms with Crippen LogP contribution in [0.3, 0.4) is 0 Å². The molecular formula is C11H11F3N2O2. The van der Waals surface area contributed by atoms with Crippen LogP contribution < -0.4 is 0 Å². The number of halogens is 3. The standard InChI is InChI=1S/C11H11F3N2O2/c12-11(13,14)9-4-3-8(7-15-9)10(17)16-5-1-2-6-18-16/h3-4,7H,1-2,5-6H2. The van der Waals surface area contributed by atoms with Crippen LogP contribution in [0.2, 0.25) is 0 Å². The molecule has 18 heavy (non-hydrogen) atoms. The van der Waals surface area contributed by atoms with Gasteiger partial charge in [0.1, 0.15) is 5.69 Å². The van der Waals surface area contributed by atoms with E-state index in [0.29, 0.717) is 13.2 Å². The zero-order valence-electron chi connectivity index (χ0n) is 9.41. The molecule has 1 aliphatic heterocycles. The molecule has 2 rings (SSSR count). The molecule has 1 fully saturated rings. The van der Waals surface area contributed by atoms with Crippen LogP contribution in [0.4, 0.5) is 13.2 Å². The molecule has 0 spiro atoms. The Hall–Kier alpha value is -1.63. The molecule has 98 valence electrons. The lowest BCUT2D eigenvalue weighted by Crippen LogP contribution is -2.35. The smallest absolute Gasteiger partial charge is 0.271 e. The Kier molecular flexibility index (Phi) is 3.51. The molecule has 4 nitrogen and oxygen atoms in total. The van der Waals surface area contributed by atoms with Crippen molar-refractivity contribution in [3.63, 3.8) is 0 Å². The second-order valence-corrected chi connectivity index (χ2v) is 3.88. The van der Waals surface area contributed by atoms with Gasteiger partial charge in [0.2, 0.25) is 0 Å².